The topological polar surface area (TPSA) is 124 Å². The van der Waals surface area contributed by atoms with Gasteiger partial charge in [0.05, 0.1) is 10.6 Å². The normalized spacial score (nSPS) is 10.5. The van der Waals surface area contributed by atoms with Crippen molar-refractivity contribution in [1.29, 1.82) is 0 Å². The first kappa shape index (κ1) is 11.8. The van der Waals surface area contributed by atoms with Crippen molar-refractivity contribution >= 4 is 11.7 Å². The van der Waals surface area contributed by atoms with E-state index in [2.05, 4.69) is 10.3 Å². The van der Waals surface area contributed by atoms with Crippen LogP contribution in [0.4, 0.5) is 5.69 Å². The molecule has 94 valence electrons. The predicted molar refractivity (Wildman–Crippen MR) is 56.2 cm³/mol. The number of carboxylic acids is 1. The van der Waals surface area contributed by atoms with Crippen molar-refractivity contribution in [3.8, 4) is 0 Å². The fourth-order valence-corrected chi connectivity index (χ4v) is 1.43. The van der Waals surface area contributed by atoms with Crippen molar-refractivity contribution in [2.75, 3.05) is 0 Å². The maximum absolute atomic E-state index is 10.8. The zero-order valence-corrected chi connectivity index (χ0v) is 9.23. The van der Waals surface area contributed by atoms with Crippen LogP contribution >= 0.6 is 0 Å². The molecule has 0 aliphatic heterocycles. The van der Waals surface area contributed by atoms with Gasteiger partial charge in [-0.15, -0.1) is 0 Å². The van der Waals surface area contributed by atoms with Crippen molar-refractivity contribution in [1.82, 2.24) is 14.9 Å². The summed E-state index contributed by atoms with van der Waals surface area (Å²) in [6, 6.07) is 1.63. The van der Waals surface area contributed by atoms with E-state index in [9.17, 15) is 14.9 Å². The third-order valence-corrected chi connectivity index (χ3v) is 2.14. The number of hydrogen-bond donors (Lipinski definition) is 1. The van der Waals surface area contributed by atoms with Gasteiger partial charge in [0, 0.05) is 6.07 Å². The maximum Gasteiger partial charge on any atom is 0.363 e. The van der Waals surface area contributed by atoms with Crippen LogP contribution in [0.15, 0.2) is 16.8 Å². The van der Waals surface area contributed by atoms with Gasteiger partial charge >= 0.3 is 11.7 Å². The van der Waals surface area contributed by atoms with E-state index in [1.54, 1.807) is 13.0 Å². The highest BCUT2D eigenvalue weighted by Crippen LogP contribution is 2.17. The minimum atomic E-state index is -1.45. The molecule has 0 aliphatic carbocycles. The number of carboxylic acid groups (broad SMARTS) is 1. The molecule has 0 saturated carbocycles. The molecule has 2 aromatic rings. The molecule has 0 atom stereocenters. The Morgan fingerprint density at radius 1 is 1.67 bits per heavy atom. The van der Waals surface area contributed by atoms with Gasteiger partial charge in [-0.1, -0.05) is 5.16 Å². The number of aromatic nitrogens is 3. The quantitative estimate of drug-likeness (QED) is 0.631. The smallest absolute Gasteiger partial charge is 0.363 e. The molecule has 0 aromatic carbocycles. The second-order valence-corrected chi connectivity index (χ2v) is 3.56. The summed E-state index contributed by atoms with van der Waals surface area (Å²) in [7, 11) is 0. The van der Waals surface area contributed by atoms with Gasteiger partial charge in [-0.2, -0.15) is 5.10 Å². The summed E-state index contributed by atoms with van der Waals surface area (Å²) in [5.41, 5.74) is -0.500. The van der Waals surface area contributed by atoms with E-state index in [1.165, 1.54) is 0 Å². The lowest BCUT2D eigenvalue weighted by atomic mass is 10.4. The zero-order valence-electron chi connectivity index (χ0n) is 9.23. The van der Waals surface area contributed by atoms with E-state index in [0.29, 0.717) is 11.5 Å². The number of carbonyl (C=O) groups is 1. The van der Waals surface area contributed by atoms with Crippen LogP contribution in [0.2, 0.25) is 0 Å². The number of hydrogen-bond acceptors (Lipinski definition) is 6. The Morgan fingerprint density at radius 2 is 2.39 bits per heavy atom. The summed E-state index contributed by atoms with van der Waals surface area (Å²) in [6.45, 7) is 1.80. The lowest BCUT2D eigenvalue weighted by molar-refractivity contribution is -0.385. The second kappa shape index (κ2) is 4.28. The molecule has 0 fully saturated rings. The average Bonchev–Trinajstić information content (AvgIpc) is 2.85. The van der Waals surface area contributed by atoms with E-state index in [-0.39, 0.29) is 6.54 Å². The molecule has 18 heavy (non-hydrogen) atoms. The summed E-state index contributed by atoms with van der Waals surface area (Å²) in [4.78, 5) is 20.6. The fourth-order valence-electron chi connectivity index (χ4n) is 1.43. The molecule has 0 radical (unpaired) electrons. The summed E-state index contributed by atoms with van der Waals surface area (Å²) < 4.78 is 6.04. The number of aryl methyl sites for hydroxylation is 1. The van der Waals surface area contributed by atoms with Gasteiger partial charge in [-0.25, -0.2) is 4.79 Å². The number of nitrogens with zero attached hydrogens (tertiary/aromatic N) is 4. The van der Waals surface area contributed by atoms with Crippen LogP contribution in [0.1, 0.15) is 21.9 Å². The average molecular weight is 252 g/mol. The molecule has 0 bridgehead atoms. The van der Waals surface area contributed by atoms with Gasteiger partial charge in [0.25, 0.3) is 0 Å². The lowest BCUT2D eigenvalue weighted by Gasteiger charge is -1.93. The van der Waals surface area contributed by atoms with Crippen molar-refractivity contribution < 1.29 is 19.3 Å². The Morgan fingerprint density at radius 3 is 2.83 bits per heavy atom. The van der Waals surface area contributed by atoms with Crippen molar-refractivity contribution in [3.05, 3.63) is 39.5 Å². The van der Waals surface area contributed by atoms with Crippen molar-refractivity contribution in [2.24, 2.45) is 0 Å². The fraction of sp³-hybridized carbons (Fsp3) is 0.222. The minimum Gasteiger partial charge on any atom is -0.476 e. The van der Waals surface area contributed by atoms with Gasteiger partial charge in [0.1, 0.15) is 12.7 Å². The van der Waals surface area contributed by atoms with Crippen LogP contribution in [0, 0.1) is 17.0 Å². The Bertz CT molecular complexity index is 583. The molecule has 0 amide bonds. The SMILES string of the molecule is Cc1cc(Cn2cc([N+](=O)[O-])c(C(=O)O)n2)on1. The summed E-state index contributed by atoms with van der Waals surface area (Å²) in [6.07, 6.45) is 1.04. The minimum absolute atomic E-state index is 0.0783. The molecule has 9 nitrogen and oxygen atoms in total. The van der Waals surface area contributed by atoms with Crippen LogP contribution < -0.4 is 0 Å². The first-order valence-electron chi connectivity index (χ1n) is 4.84. The monoisotopic (exact) mass is 252 g/mol. The van der Waals surface area contributed by atoms with Gasteiger partial charge in [-0.3, -0.25) is 14.8 Å². The predicted octanol–water partition coefficient (Wildman–Crippen LogP) is 0.834. The van der Waals surface area contributed by atoms with Crippen LogP contribution in [0.3, 0.4) is 0 Å². The number of rotatable bonds is 4. The Kier molecular flexibility index (Phi) is 2.80. The molecule has 2 heterocycles. The van der Waals surface area contributed by atoms with E-state index in [1.807, 2.05) is 0 Å². The van der Waals surface area contributed by atoms with Gasteiger partial charge in [0.15, 0.2) is 5.76 Å². The number of nitro groups is 1. The largest absolute Gasteiger partial charge is 0.476 e. The van der Waals surface area contributed by atoms with Crippen LogP contribution in [0.5, 0.6) is 0 Å². The summed E-state index contributed by atoms with van der Waals surface area (Å²) >= 11 is 0. The molecule has 0 spiro atoms. The van der Waals surface area contributed by atoms with Crippen LogP contribution in [0.25, 0.3) is 0 Å². The van der Waals surface area contributed by atoms with E-state index in [0.717, 1.165) is 10.9 Å². The third-order valence-electron chi connectivity index (χ3n) is 2.14. The van der Waals surface area contributed by atoms with Gasteiger partial charge in [-0.05, 0) is 6.92 Å². The molecule has 2 aromatic heterocycles. The molecule has 1 N–H and O–H groups in total. The van der Waals surface area contributed by atoms with Gasteiger partial charge < -0.3 is 9.63 Å². The molecular weight excluding hydrogens is 244 g/mol. The molecular formula is C9H8N4O5. The highest BCUT2D eigenvalue weighted by Gasteiger charge is 2.25. The van der Waals surface area contributed by atoms with Crippen LogP contribution in [-0.4, -0.2) is 30.9 Å². The Hall–Kier alpha value is -2.71. The standard InChI is InChI=1S/C9H8N4O5/c1-5-2-6(18-11-5)3-12-4-7(13(16)17)8(10-12)9(14)15/h2,4H,3H2,1H3,(H,14,15). The molecule has 2 rings (SSSR count). The maximum atomic E-state index is 10.8. The molecule has 0 unspecified atom stereocenters. The highest BCUT2D eigenvalue weighted by atomic mass is 16.6. The van der Waals surface area contributed by atoms with E-state index in [4.69, 9.17) is 9.63 Å². The first-order chi connectivity index (χ1) is 8.47. The lowest BCUT2D eigenvalue weighted by Crippen LogP contribution is -2.04. The molecule has 0 saturated heterocycles. The number of aromatic carboxylic acids is 1. The summed E-state index contributed by atoms with van der Waals surface area (Å²) in [5.74, 6) is -1.02. The Labute approximate surface area is 99.8 Å². The van der Waals surface area contributed by atoms with Crippen LogP contribution in [-0.2, 0) is 6.54 Å². The van der Waals surface area contributed by atoms with E-state index < -0.39 is 22.3 Å². The highest BCUT2D eigenvalue weighted by molar-refractivity contribution is 5.89. The van der Waals surface area contributed by atoms with Crippen molar-refractivity contribution in [3.63, 3.8) is 0 Å². The molecule has 0 aliphatic rings. The second-order valence-electron chi connectivity index (χ2n) is 3.56. The van der Waals surface area contributed by atoms with Crippen molar-refractivity contribution in [2.45, 2.75) is 13.5 Å². The third kappa shape index (κ3) is 2.19. The summed E-state index contributed by atoms with van der Waals surface area (Å²) in [5, 5.41) is 26.7. The van der Waals surface area contributed by atoms with Gasteiger partial charge in [0.2, 0.25) is 5.69 Å². The Balaban J connectivity index is 2.32. The van der Waals surface area contributed by atoms with E-state index >= 15 is 0 Å². The first-order valence-corrected chi connectivity index (χ1v) is 4.84. The molecule has 9 heteroatoms. The zero-order chi connectivity index (χ0) is 13.3.